The molecule has 0 aliphatic carbocycles. The fraction of sp³-hybridized carbons (Fsp3) is 0.400. The molecule has 1 atom stereocenters. The van der Waals surface area contributed by atoms with Gasteiger partial charge in [0, 0.05) is 16.2 Å². The Morgan fingerprint density at radius 3 is 2.85 bits per heavy atom. The Morgan fingerprint density at radius 2 is 2.31 bits per heavy atom. The van der Waals surface area contributed by atoms with E-state index in [-0.39, 0.29) is 0 Å². The SMILES string of the molecule is Nc1ccc(CC2CCN2)cc1Br. The molecule has 0 spiro atoms. The van der Waals surface area contributed by atoms with Gasteiger partial charge in [0.05, 0.1) is 0 Å². The molecule has 0 radical (unpaired) electrons. The number of benzene rings is 1. The van der Waals surface area contributed by atoms with Crippen molar-refractivity contribution in [3.05, 3.63) is 28.2 Å². The highest BCUT2D eigenvalue weighted by Gasteiger charge is 2.16. The molecule has 1 heterocycles. The van der Waals surface area contributed by atoms with Gasteiger partial charge in [-0.25, -0.2) is 0 Å². The van der Waals surface area contributed by atoms with Gasteiger partial charge in [0.1, 0.15) is 0 Å². The third-order valence-corrected chi connectivity index (χ3v) is 3.16. The molecule has 2 rings (SSSR count). The molecule has 3 N–H and O–H groups in total. The molecule has 3 heteroatoms. The topological polar surface area (TPSA) is 38.0 Å². The van der Waals surface area contributed by atoms with Gasteiger partial charge < -0.3 is 11.1 Å². The first-order valence-corrected chi connectivity index (χ1v) is 5.32. The highest BCUT2D eigenvalue weighted by atomic mass is 79.9. The van der Waals surface area contributed by atoms with E-state index in [1.807, 2.05) is 6.07 Å². The molecule has 2 nitrogen and oxygen atoms in total. The molecule has 1 unspecified atom stereocenters. The molecule has 1 aliphatic rings. The van der Waals surface area contributed by atoms with Crippen molar-refractivity contribution in [3.8, 4) is 0 Å². The molecule has 1 aromatic rings. The van der Waals surface area contributed by atoms with Crippen molar-refractivity contribution in [1.29, 1.82) is 0 Å². The lowest BCUT2D eigenvalue weighted by Crippen LogP contribution is -2.44. The smallest absolute Gasteiger partial charge is 0.0458 e. The maximum atomic E-state index is 5.70. The second kappa shape index (κ2) is 3.68. The van der Waals surface area contributed by atoms with Crippen molar-refractivity contribution in [2.75, 3.05) is 12.3 Å². The second-order valence-electron chi connectivity index (χ2n) is 3.50. The Labute approximate surface area is 86.6 Å². The lowest BCUT2D eigenvalue weighted by Gasteiger charge is -2.27. The Hall–Kier alpha value is -0.540. The highest BCUT2D eigenvalue weighted by Crippen LogP contribution is 2.22. The molecular formula is C10H13BrN2. The number of hydrogen-bond acceptors (Lipinski definition) is 2. The predicted molar refractivity (Wildman–Crippen MR) is 58.7 cm³/mol. The van der Waals surface area contributed by atoms with Crippen LogP contribution in [0.15, 0.2) is 22.7 Å². The lowest BCUT2D eigenvalue weighted by atomic mass is 9.98. The molecule has 0 saturated carbocycles. The molecule has 1 fully saturated rings. The van der Waals surface area contributed by atoms with E-state index in [2.05, 4.69) is 33.4 Å². The molecule has 13 heavy (non-hydrogen) atoms. The standard InChI is InChI=1S/C10H13BrN2/c11-9-6-7(1-2-10(9)12)5-8-3-4-13-8/h1-2,6,8,13H,3-5,12H2. The van der Waals surface area contributed by atoms with Crippen LogP contribution in [0.25, 0.3) is 0 Å². The van der Waals surface area contributed by atoms with Gasteiger partial charge in [0.25, 0.3) is 0 Å². The number of nitrogen functional groups attached to an aromatic ring is 1. The minimum atomic E-state index is 0.676. The highest BCUT2D eigenvalue weighted by molar-refractivity contribution is 9.10. The molecule has 0 aromatic heterocycles. The van der Waals surface area contributed by atoms with Gasteiger partial charge in [-0.1, -0.05) is 6.07 Å². The first-order chi connectivity index (χ1) is 6.25. The molecule has 1 aliphatic heterocycles. The van der Waals surface area contributed by atoms with Gasteiger partial charge in [-0.15, -0.1) is 0 Å². The van der Waals surface area contributed by atoms with Crippen molar-refractivity contribution in [1.82, 2.24) is 5.32 Å². The number of nitrogens with one attached hydrogen (secondary N) is 1. The van der Waals surface area contributed by atoms with Gasteiger partial charge >= 0.3 is 0 Å². The van der Waals surface area contributed by atoms with Gasteiger partial charge in [-0.3, -0.25) is 0 Å². The van der Waals surface area contributed by atoms with Crippen LogP contribution in [-0.4, -0.2) is 12.6 Å². The van der Waals surface area contributed by atoms with E-state index in [1.165, 1.54) is 18.5 Å². The molecule has 0 bridgehead atoms. The van der Waals surface area contributed by atoms with Crippen LogP contribution in [0.5, 0.6) is 0 Å². The van der Waals surface area contributed by atoms with Crippen LogP contribution in [-0.2, 0) is 6.42 Å². The Morgan fingerprint density at radius 1 is 1.54 bits per heavy atom. The summed E-state index contributed by atoms with van der Waals surface area (Å²) in [5.41, 5.74) is 7.86. The zero-order valence-corrected chi connectivity index (χ0v) is 8.97. The minimum Gasteiger partial charge on any atom is -0.398 e. The fourth-order valence-corrected chi connectivity index (χ4v) is 1.93. The van der Waals surface area contributed by atoms with Gasteiger partial charge in [-0.05, 0) is 53.0 Å². The van der Waals surface area contributed by atoms with Crippen LogP contribution in [0.3, 0.4) is 0 Å². The van der Waals surface area contributed by atoms with E-state index in [1.54, 1.807) is 0 Å². The first kappa shape index (κ1) is 9.03. The van der Waals surface area contributed by atoms with E-state index in [0.717, 1.165) is 16.6 Å². The maximum absolute atomic E-state index is 5.70. The van der Waals surface area contributed by atoms with Crippen LogP contribution < -0.4 is 11.1 Å². The van der Waals surface area contributed by atoms with Gasteiger partial charge in [0.2, 0.25) is 0 Å². The van der Waals surface area contributed by atoms with E-state index in [0.29, 0.717) is 6.04 Å². The van der Waals surface area contributed by atoms with Crippen molar-refractivity contribution < 1.29 is 0 Å². The van der Waals surface area contributed by atoms with Crippen LogP contribution in [0, 0.1) is 0 Å². The Balaban J connectivity index is 2.07. The summed E-state index contributed by atoms with van der Waals surface area (Å²) in [6.07, 6.45) is 2.40. The van der Waals surface area contributed by atoms with E-state index < -0.39 is 0 Å². The monoisotopic (exact) mass is 240 g/mol. The molecule has 1 saturated heterocycles. The molecule has 70 valence electrons. The van der Waals surface area contributed by atoms with Crippen molar-refractivity contribution in [2.45, 2.75) is 18.9 Å². The quantitative estimate of drug-likeness (QED) is 0.776. The van der Waals surface area contributed by atoms with Crippen LogP contribution >= 0.6 is 15.9 Å². The van der Waals surface area contributed by atoms with Crippen LogP contribution in [0.4, 0.5) is 5.69 Å². The summed E-state index contributed by atoms with van der Waals surface area (Å²) in [7, 11) is 0. The van der Waals surface area contributed by atoms with E-state index >= 15 is 0 Å². The second-order valence-corrected chi connectivity index (χ2v) is 4.35. The van der Waals surface area contributed by atoms with Crippen LogP contribution in [0.2, 0.25) is 0 Å². The minimum absolute atomic E-state index is 0.676. The zero-order chi connectivity index (χ0) is 9.26. The fourth-order valence-electron chi connectivity index (χ4n) is 1.50. The summed E-state index contributed by atoms with van der Waals surface area (Å²) in [5, 5.41) is 3.38. The first-order valence-electron chi connectivity index (χ1n) is 4.53. The average Bonchev–Trinajstić information content (AvgIpc) is 2.04. The number of hydrogen-bond donors (Lipinski definition) is 2. The number of halogens is 1. The normalized spacial score (nSPS) is 21.2. The Kier molecular flexibility index (Phi) is 2.56. The summed E-state index contributed by atoms with van der Waals surface area (Å²) in [6, 6.07) is 6.84. The lowest BCUT2D eigenvalue weighted by molar-refractivity contribution is 0.369. The number of rotatable bonds is 2. The number of nitrogens with two attached hydrogens (primary N) is 1. The summed E-state index contributed by atoms with van der Waals surface area (Å²) in [6.45, 7) is 1.17. The average molecular weight is 241 g/mol. The third-order valence-electron chi connectivity index (χ3n) is 2.47. The summed E-state index contributed by atoms with van der Waals surface area (Å²) >= 11 is 3.43. The largest absolute Gasteiger partial charge is 0.398 e. The Bertz CT molecular complexity index is 308. The summed E-state index contributed by atoms with van der Waals surface area (Å²) in [5.74, 6) is 0. The van der Waals surface area contributed by atoms with Gasteiger partial charge in [0.15, 0.2) is 0 Å². The molecular weight excluding hydrogens is 228 g/mol. The van der Waals surface area contributed by atoms with Crippen molar-refractivity contribution >= 4 is 21.6 Å². The molecule has 0 amide bonds. The third kappa shape index (κ3) is 2.03. The predicted octanol–water partition coefficient (Wildman–Crippen LogP) is 1.94. The zero-order valence-electron chi connectivity index (χ0n) is 7.39. The van der Waals surface area contributed by atoms with E-state index in [4.69, 9.17) is 5.73 Å². The van der Waals surface area contributed by atoms with Crippen molar-refractivity contribution in [2.24, 2.45) is 0 Å². The van der Waals surface area contributed by atoms with Crippen molar-refractivity contribution in [3.63, 3.8) is 0 Å². The maximum Gasteiger partial charge on any atom is 0.0458 e. The summed E-state index contributed by atoms with van der Waals surface area (Å²) < 4.78 is 1.00. The molecule has 1 aromatic carbocycles. The summed E-state index contributed by atoms with van der Waals surface area (Å²) in [4.78, 5) is 0. The van der Waals surface area contributed by atoms with Crippen LogP contribution in [0.1, 0.15) is 12.0 Å². The van der Waals surface area contributed by atoms with Gasteiger partial charge in [-0.2, -0.15) is 0 Å². The number of anilines is 1. The van der Waals surface area contributed by atoms with E-state index in [9.17, 15) is 0 Å².